The number of carboxylic acid groups (broad SMARTS) is 1. The third-order valence-corrected chi connectivity index (χ3v) is 3.90. The van der Waals surface area contributed by atoms with Crippen molar-refractivity contribution in [2.24, 2.45) is 5.92 Å². The lowest BCUT2D eigenvalue weighted by Gasteiger charge is -2.14. The molecule has 0 heterocycles. The fraction of sp³-hybridized carbons (Fsp3) is 0.412. The highest BCUT2D eigenvalue weighted by molar-refractivity contribution is 5.95. The smallest absolute Gasteiger partial charge is 0.306 e. The van der Waals surface area contributed by atoms with Gasteiger partial charge in [-0.25, -0.2) is 0 Å². The van der Waals surface area contributed by atoms with Crippen LogP contribution < -0.4 is 14.8 Å². The first-order chi connectivity index (χ1) is 11.0. The van der Waals surface area contributed by atoms with E-state index in [4.69, 9.17) is 14.6 Å². The van der Waals surface area contributed by atoms with E-state index in [0.717, 1.165) is 0 Å². The Bertz CT molecular complexity index is 599. The van der Waals surface area contributed by atoms with Crippen LogP contribution in [0.2, 0.25) is 0 Å². The van der Waals surface area contributed by atoms with E-state index in [9.17, 15) is 9.59 Å². The van der Waals surface area contributed by atoms with E-state index < -0.39 is 5.97 Å². The lowest BCUT2D eigenvalue weighted by atomic mass is 10.1. The predicted molar refractivity (Wildman–Crippen MR) is 84.9 cm³/mol. The highest BCUT2D eigenvalue weighted by Crippen LogP contribution is 2.29. The van der Waals surface area contributed by atoms with Gasteiger partial charge >= 0.3 is 5.97 Å². The maximum absolute atomic E-state index is 12.3. The molecule has 124 valence electrons. The van der Waals surface area contributed by atoms with Gasteiger partial charge in [-0.3, -0.25) is 9.59 Å². The van der Waals surface area contributed by atoms with Crippen molar-refractivity contribution < 1.29 is 24.2 Å². The molecule has 0 aliphatic heterocycles. The summed E-state index contributed by atoms with van der Waals surface area (Å²) in [6.45, 7) is 3.93. The predicted octanol–water partition coefficient (Wildman–Crippen LogP) is 2.24. The fourth-order valence-corrected chi connectivity index (χ4v) is 2.68. The number of carbonyl (C=O) groups is 2. The van der Waals surface area contributed by atoms with Gasteiger partial charge in [-0.05, 0) is 37.5 Å². The summed E-state index contributed by atoms with van der Waals surface area (Å²) >= 11 is 0. The van der Waals surface area contributed by atoms with Crippen LogP contribution in [0, 0.1) is 5.92 Å². The van der Waals surface area contributed by atoms with Gasteiger partial charge in [0.25, 0.3) is 5.91 Å². The van der Waals surface area contributed by atoms with Gasteiger partial charge in [0.15, 0.2) is 11.5 Å². The number of hydrogen-bond donors (Lipinski definition) is 2. The first-order valence-electron chi connectivity index (χ1n) is 7.50. The van der Waals surface area contributed by atoms with E-state index in [1.54, 1.807) is 24.3 Å². The second-order valence-corrected chi connectivity index (χ2v) is 5.48. The Balaban J connectivity index is 2.02. The van der Waals surface area contributed by atoms with Crippen molar-refractivity contribution in [1.82, 2.24) is 5.32 Å². The number of hydrogen-bond acceptors (Lipinski definition) is 4. The Labute approximate surface area is 135 Å². The normalized spacial score (nSPS) is 19.9. The van der Waals surface area contributed by atoms with Crippen LogP contribution >= 0.6 is 0 Å². The molecule has 2 atom stereocenters. The molecular formula is C17H21NO5. The van der Waals surface area contributed by atoms with E-state index in [0.29, 0.717) is 42.9 Å². The molecule has 6 heteroatoms. The molecule has 2 rings (SSSR count). The number of amides is 1. The first kappa shape index (κ1) is 16.9. The van der Waals surface area contributed by atoms with E-state index in [-0.39, 0.29) is 17.9 Å². The van der Waals surface area contributed by atoms with Crippen LogP contribution in [0.25, 0.3) is 0 Å². The minimum atomic E-state index is -0.799. The Morgan fingerprint density at radius 2 is 2.17 bits per heavy atom. The SMILES string of the molecule is C=CCOc1ccc(C(=O)N[C@H]2CC[C@@H](C(=O)O)C2)cc1OC. The molecule has 1 amide bonds. The van der Waals surface area contributed by atoms with Gasteiger partial charge in [-0.2, -0.15) is 0 Å². The maximum atomic E-state index is 12.3. The van der Waals surface area contributed by atoms with Gasteiger partial charge in [0.2, 0.25) is 0 Å². The summed E-state index contributed by atoms with van der Waals surface area (Å²) < 4.78 is 10.7. The van der Waals surface area contributed by atoms with E-state index >= 15 is 0 Å². The minimum Gasteiger partial charge on any atom is -0.493 e. The molecule has 0 aromatic heterocycles. The molecule has 0 radical (unpaired) electrons. The van der Waals surface area contributed by atoms with Crippen molar-refractivity contribution in [1.29, 1.82) is 0 Å². The molecule has 1 aromatic carbocycles. The summed E-state index contributed by atoms with van der Waals surface area (Å²) in [5.74, 6) is -0.406. The van der Waals surface area contributed by atoms with Gasteiger partial charge in [0, 0.05) is 11.6 Å². The lowest BCUT2D eigenvalue weighted by Crippen LogP contribution is -2.33. The third-order valence-electron chi connectivity index (χ3n) is 3.90. The Hall–Kier alpha value is -2.50. The van der Waals surface area contributed by atoms with Crippen LogP contribution in [0.1, 0.15) is 29.6 Å². The second kappa shape index (κ2) is 7.67. The molecule has 1 aliphatic carbocycles. The maximum Gasteiger partial charge on any atom is 0.306 e. The van der Waals surface area contributed by atoms with Crippen molar-refractivity contribution in [3.05, 3.63) is 36.4 Å². The van der Waals surface area contributed by atoms with Gasteiger partial charge in [0.1, 0.15) is 6.61 Å². The minimum absolute atomic E-state index is 0.105. The number of nitrogens with one attached hydrogen (secondary N) is 1. The number of ether oxygens (including phenoxy) is 2. The van der Waals surface area contributed by atoms with Crippen LogP contribution in [-0.4, -0.2) is 36.7 Å². The van der Waals surface area contributed by atoms with E-state index in [1.165, 1.54) is 7.11 Å². The number of rotatable bonds is 7. The van der Waals surface area contributed by atoms with Crippen molar-refractivity contribution >= 4 is 11.9 Å². The summed E-state index contributed by atoms with van der Waals surface area (Å²) in [5.41, 5.74) is 0.451. The zero-order valence-electron chi connectivity index (χ0n) is 13.1. The summed E-state index contributed by atoms with van der Waals surface area (Å²) in [6.07, 6.45) is 3.37. The number of carbonyl (C=O) groups excluding carboxylic acids is 1. The average Bonchev–Trinajstić information content (AvgIpc) is 3.01. The van der Waals surface area contributed by atoms with Crippen LogP contribution in [0.3, 0.4) is 0 Å². The van der Waals surface area contributed by atoms with Crippen LogP contribution in [0.15, 0.2) is 30.9 Å². The van der Waals surface area contributed by atoms with Crippen molar-refractivity contribution in [2.75, 3.05) is 13.7 Å². The molecule has 23 heavy (non-hydrogen) atoms. The van der Waals surface area contributed by atoms with Crippen LogP contribution in [-0.2, 0) is 4.79 Å². The quantitative estimate of drug-likeness (QED) is 0.753. The standard InChI is InChI=1S/C17H21NO5/c1-3-8-23-14-7-5-11(10-15(14)22-2)16(19)18-13-6-4-12(9-13)17(20)21/h3,5,7,10,12-13H,1,4,6,8-9H2,2H3,(H,18,19)(H,20,21)/t12-,13+/m1/s1. The molecule has 6 nitrogen and oxygen atoms in total. The Kier molecular flexibility index (Phi) is 5.62. The zero-order valence-corrected chi connectivity index (χ0v) is 13.1. The van der Waals surface area contributed by atoms with Crippen LogP contribution in [0.5, 0.6) is 11.5 Å². The van der Waals surface area contributed by atoms with Crippen molar-refractivity contribution in [2.45, 2.75) is 25.3 Å². The molecule has 1 saturated carbocycles. The summed E-state index contributed by atoms with van der Waals surface area (Å²) in [5, 5.41) is 11.9. The van der Waals surface area contributed by atoms with E-state index in [1.807, 2.05) is 0 Å². The third kappa shape index (κ3) is 4.25. The van der Waals surface area contributed by atoms with Crippen molar-refractivity contribution in [3.63, 3.8) is 0 Å². The van der Waals surface area contributed by atoms with Gasteiger partial charge in [-0.1, -0.05) is 12.7 Å². The highest BCUT2D eigenvalue weighted by atomic mass is 16.5. The first-order valence-corrected chi connectivity index (χ1v) is 7.50. The molecule has 0 saturated heterocycles. The van der Waals surface area contributed by atoms with Gasteiger partial charge < -0.3 is 19.9 Å². The molecule has 0 spiro atoms. The average molecular weight is 319 g/mol. The van der Waals surface area contributed by atoms with Gasteiger partial charge in [-0.15, -0.1) is 0 Å². The summed E-state index contributed by atoms with van der Waals surface area (Å²) in [4.78, 5) is 23.3. The Morgan fingerprint density at radius 3 is 2.78 bits per heavy atom. The molecule has 0 bridgehead atoms. The largest absolute Gasteiger partial charge is 0.493 e. The van der Waals surface area contributed by atoms with E-state index in [2.05, 4.69) is 11.9 Å². The van der Waals surface area contributed by atoms with Crippen LogP contribution in [0.4, 0.5) is 0 Å². The molecule has 0 unspecified atom stereocenters. The molecule has 2 N–H and O–H groups in total. The summed E-state index contributed by atoms with van der Waals surface area (Å²) in [7, 11) is 1.51. The topological polar surface area (TPSA) is 84.9 Å². The Morgan fingerprint density at radius 1 is 1.39 bits per heavy atom. The highest BCUT2D eigenvalue weighted by Gasteiger charge is 2.30. The molecular weight excluding hydrogens is 298 g/mol. The zero-order chi connectivity index (χ0) is 16.8. The van der Waals surface area contributed by atoms with Gasteiger partial charge in [0.05, 0.1) is 13.0 Å². The molecule has 1 fully saturated rings. The number of methoxy groups -OCH3 is 1. The fourth-order valence-electron chi connectivity index (χ4n) is 2.68. The summed E-state index contributed by atoms with van der Waals surface area (Å²) in [6, 6.07) is 4.83. The van der Waals surface area contributed by atoms with Crippen molar-refractivity contribution in [3.8, 4) is 11.5 Å². The molecule has 1 aliphatic rings. The monoisotopic (exact) mass is 319 g/mol. The number of benzene rings is 1. The molecule has 1 aromatic rings. The number of aliphatic carboxylic acids is 1. The lowest BCUT2D eigenvalue weighted by molar-refractivity contribution is -0.141. The second-order valence-electron chi connectivity index (χ2n) is 5.48. The number of carboxylic acids is 1.